The second-order valence-corrected chi connectivity index (χ2v) is 6.40. The summed E-state index contributed by atoms with van der Waals surface area (Å²) in [5.41, 5.74) is 26.7. The van der Waals surface area contributed by atoms with Crippen molar-refractivity contribution in [2.75, 3.05) is 0 Å². The van der Waals surface area contributed by atoms with E-state index >= 15 is 0 Å². The average Bonchev–Trinajstić information content (AvgIpc) is 3.07. The number of guanidine groups is 2. The van der Waals surface area contributed by atoms with Gasteiger partial charge in [-0.25, -0.2) is 15.0 Å². The Morgan fingerprint density at radius 1 is 0.786 bits per heavy atom. The van der Waals surface area contributed by atoms with Gasteiger partial charge in [-0.1, -0.05) is 48.5 Å². The van der Waals surface area contributed by atoms with Crippen molar-refractivity contribution in [3.05, 3.63) is 65.9 Å². The smallest absolute Gasteiger partial charge is 0.186 e. The van der Waals surface area contributed by atoms with Crippen LogP contribution in [0.3, 0.4) is 0 Å². The summed E-state index contributed by atoms with van der Waals surface area (Å²) in [4.78, 5) is 12.6. The molecule has 0 saturated heterocycles. The predicted molar refractivity (Wildman–Crippen MR) is 113 cm³/mol. The number of imidazole rings is 1. The molecule has 8 N–H and O–H groups in total. The van der Waals surface area contributed by atoms with Crippen LogP contribution in [0.15, 0.2) is 64.7 Å². The van der Waals surface area contributed by atoms with E-state index in [9.17, 15) is 0 Å². The van der Waals surface area contributed by atoms with E-state index in [0.29, 0.717) is 13.1 Å². The van der Waals surface area contributed by atoms with E-state index in [-0.39, 0.29) is 11.9 Å². The van der Waals surface area contributed by atoms with Crippen LogP contribution < -0.4 is 22.9 Å². The lowest BCUT2D eigenvalue weighted by Crippen LogP contribution is -2.22. The van der Waals surface area contributed by atoms with E-state index in [1.807, 2.05) is 61.8 Å². The van der Waals surface area contributed by atoms with Crippen LogP contribution in [0.1, 0.15) is 11.1 Å². The third-order valence-corrected chi connectivity index (χ3v) is 4.34. The Hall–Kier alpha value is -3.81. The van der Waals surface area contributed by atoms with Gasteiger partial charge in [0.2, 0.25) is 0 Å². The van der Waals surface area contributed by atoms with Gasteiger partial charge in [0.25, 0.3) is 0 Å². The first-order valence-electron chi connectivity index (χ1n) is 8.75. The predicted octanol–water partition coefficient (Wildman–Crippen LogP) is 1.30. The standard InChI is InChI=1S/C20H24N8/c1-28-17(15-6-2-13(3-7-15)10-26-19(21)22)12-25-18(28)16-8-4-14(5-9-16)11-27-20(23)24/h2-9,12H,10-11H2,1H3,(H4,21,22,26)(H4,23,24,27). The Bertz CT molecular complexity index is 909. The van der Waals surface area contributed by atoms with E-state index in [0.717, 1.165) is 33.8 Å². The first-order valence-corrected chi connectivity index (χ1v) is 8.75. The van der Waals surface area contributed by atoms with Crippen molar-refractivity contribution in [3.8, 4) is 22.6 Å². The summed E-state index contributed by atoms with van der Waals surface area (Å²) in [7, 11) is 2.00. The van der Waals surface area contributed by atoms with Crippen molar-refractivity contribution in [3.63, 3.8) is 0 Å². The molecule has 3 aromatic rings. The average molecular weight is 376 g/mol. The fourth-order valence-corrected chi connectivity index (χ4v) is 2.85. The summed E-state index contributed by atoms with van der Waals surface area (Å²) >= 11 is 0. The molecule has 0 aliphatic heterocycles. The fraction of sp³-hybridized carbons (Fsp3) is 0.150. The normalized spacial score (nSPS) is 10.5. The molecule has 0 atom stereocenters. The molecule has 0 bridgehead atoms. The Balaban J connectivity index is 1.80. The molecule has 0 fully saturated rings. The molecule has 0 aliphatic rings. The fourth-order valence-electron chi connectivity index (χ4n) is 2.85. The molecular formula is C20H24N8. The number of benzene rings is 2. The summed E-state index contributed by atoms with van der Waals surface area (Å²) in [5, 5.41) is 0. The number of rotatable bonds is 6. The van der Waals surface area contributed by atoms with E-state index in [4.69, 9.17) is 22.9 Å². The molecule has 28 heavy (non-hydrogen) atoms. The molecule has 0 saturated carbocycles. The highest BCUT2D eigenvalue weighted by Crippen LogP contribution is 2.26. The summed E-state index contributed by atoms with van der Waals surface area (Å²) in [6.45, 7) is 0.923. The molecule has 1 heterocycles. The molecule has 2 aromatic carbocycles. The van der Waals surface area contributed by atoms with Crippen molar-refractivity contribution in [2.24, 2.45) is 40.0 Å². The third-order valence-electron chi connectivity index (χ3n) is 4.34. The number of hydrogen-bond acceptors (Lipinski definition) is 3. The van der Waals surface area contributed by atoms with Crippen LogP contribution in [0.25, 0.3) is 22.6 Å². The largest absolute Gasteiger partial charge is 0.370 e. The lowest BCUT2D eigenvalue weighted by atomic mass is 10.1. The zero-order valence-electron chi connectivity index (χ0n) is 15.7. The van der Waals surface area contributed by atoms with E-state index in [1.54, 1.807) is 0 Å². The minimum atomic E-state index is 0.0853. The molecule has 0 aliphatic carbocycles. The minimum absolute atomic E-state index is 0.0853. The van der Waals surface area contributed by atoms with E-state index in [2.05, 4.69) is 19.5 Å². The number of aliphatic imine (C=N–C) groups is 2. The van der Waals surface area contributed by atoms with Gasteiger partial charge in [-0.15, -0.1) is 0 Å². The van der Waals surface area contributed by atoms with Crippen molar-refractivity contribution in [1.29, 1.82) is 0 Å². The zero-order chi connectivity index (χ0) is 20.1. The molecule has 0 spiro atoms. The molecule has 1 aromatic heterocycles. The second-order valence-electron chi connectivity index (χ2n) is 6.40. The maximum Gasteiger partial charge on any atom is 0.186 e. The van der Waals surface area contributed by atoms with Gasteiger partial charge < -0.3 is 27.5 Å². The van der Waals surface area contributed by atoms with Gasteiger partial charge in [-0.05, 0) is 16.7 Å². The Morgan fingerprint density at radius 2 is 1.25 bits per heavy atom. The first-order chi connectivity index (χ1) is 13.4. The van der Waals surface area contributed by atoms with Gasteiger partial charge >= 0.3 is 0 Å². The first kappa shape index (κ1) is 19.0. The third kappa shape index (κ3) is 4.47. The van der Waals surface area contributed by atoms with Crippen molar-refractivity contribution >= 4 is 11.9 Å². The maximum atomic E-state index is 5.38. The summed E-state index contributed by atoms with van der Waals surface area (Å²) in [6.07, 6.45) is 1.87. The minimum Gasteiger partial charge on any atom is -0.370 e. The van der Waals surface area contributed by atoms with Gasteiger partial charge in [0, 0.05) is 12.6 Å². The molecule has 3 rings (SSSR count). The van der Waals surface area contributed by atoms with Crippen LogP contribution in [0.2, 0.25) is 0 Å². The van der Waals surface area contributed by atoms with Crippen LogP contribution in [-0.2, 0) is 20.1 Å². The van der Waals surface area contributed by atoms with Crippen LogP contribution >= 0.6 is 0 Å². The molecule has 0 amide bonds. The topological polar surface area (TPSA) is 147 Å². The van der Waals surface area contributed by atoms with Gasteiger partial charge in [0.15, 0.2) is 11.9 Å². The Labute approximate surface area is 163 Å². The summed E-state index contributed by atoms with van der Waals surface area (Å²) in [6, 6.07) is 16.1. The zero-order valence-corrected chi connectivity index (χ0v) is 15.7. The highest BCUT2D eigenvalue weighted by Gasteiger charge is 2.10. The van der Waals surface area contributed by atoms with Gasteiger partial charge in [0.05, 0.1) is 25.0 Å². The number of hydrogen-bond donors (Lipinski definition) is 4. The van der Waals surface area contributed by atoms with Crippen LogP contribution in [0.5, 0.6) is 0 Å². The van der Waals surface area contributed by atoms with E-state index in [1.165, 1.54) is 0 Å². The lowest BCUT2D eigenvalue weighted by molar-refractivity contribution is 0.932. The second kappa shape index (κ2) is 8.26. The number of aromatic nitrogens is 2. The molecular weight excluding hydrogens is 352 g/mol. The number of nitrogens with two attached hydrogens (primary N) is 4. The van der Waals surface area contributed by atoms with Crippen LogP contribution in [0.4, 0.5) is 0 Å². The van der Waals surface area contributed by atoms with Gasteiger partial charge in [-0.3, -0.25) is 0 Å². The number of nitrogens with zero attached hydrogens (tertiary/aromatic N) is 4. The van der Waals surface area contributed by atoms with Crippen LogP contribution in [-0.4, -0.2) is 21.5 Å². The van der Waals surface area contributed by atoms with Crippen LogP contribution in [0, 0.1) is 0 Å². The monoisotopic (exact) mass is 376 g/mol. The Kier molecular flexibility index (Phi) is 5.59. The van der Waals surface area contributed by atoms with E-state index < -0.39 is 0 Å². The maximum absolute atomic E-state index is 5.38. The molecule has 0 unspecified atom stereocenters. The molecule has 144 valence electrons. The quantitative estimate of drug-likeness (QED) is 0.378. The van der Waals surface area contributed by atoms with Gasteiger partial charge in [-0.2, -0.15) is 0 Å². The van der Waals surface area contributed by atoms with Crippen molar-refractivity contribution in [2.45, 2.75) is 13.1 Å². The lowest BCUT2D eigenvalue weighted by Gasteiger charge is -2.08. The molecule has 0 radical (unpaired) electrons. The summed E-state index contributed by atoms with van der Waals surface area (Å²) in [5.74, 6) is 1.06. The molecule has 8 nitrogen and oxygen atoms in total. The highest BCUT2D eigenvalue weighted by molar-refractivity contribution is 5.76. The van der Waals surface area contributed by atoms with Crippen molar-refractivity contribution < 1.29 is 0 Å². The molecule has 8 heteroatoms. The summed E-state index contributed by atoms with van der Waals surface area (Å²) < 4.78 is 2.07. The highest BCUT2D eigenvalue weighted by atomic mass is 15.1. The van der Waals surface area contributed by atoms with Gasteiger partial charge in [0.1, 0.15) is 5.82 Å². The SMILES string of the molecule is Cn1c(-c2ccc(CN=C(N)N)cc2)cnc1-c1ccc(CN=C(N)N)cc1. The Morgan fingerprint density at radius 3 is 1.71 bits per heavy atom. The van der Waals surface area contributed by atoms with Crippen molar-refractivity contribution in [1.82, 2.24) is 9.55 Å².